The molecule has 9 heteroatoms. The third-order valence-electron chi connectivity index (χ3n) is 5.22. The highest BCUT2D eigenvalue weighted by Gasteiger charge is 2.41. The Balaban J connectivity index is 1.48. The molecule has 1 aliphatic carbocycles. The monoisotopic (exact) mass is 381 g/mol. The van der Waals surface area contributed by atoms with Crippen molar-refractivity contribution in [2.24, 2.45) is 7.05 Å². The summed E-state index contributed by atoms with van der Waals surface area (Å²) >= 11 is 0. The Bertz CT molecular complexity index is 968. The van der Waals surface area contributed by atoms with Crippen LogP contribution in [0.2, 0.25) is 0 Å². The first-order valence-electron chi connectivity index (χ1n) is 9.02. The summed E-state index contributed by atoms with van der Waals surface area (Å²) < 4.78 is 15.8. The van der Waals surface area contributed by atoms with Crippen LogP contribution in [0, 0.1) is 5.82 Å². The smallest absolute Gasteiger partial charge is 0.222 e. The number of rotatable bonds is 7. The number of hydrogen-bond acceptors (Lipinski definition) is 6. The lowest BCUT2D eigenvalue weighted by atomic mass is 9.66. The minimum atomic E-state index is -0.336. The van der Waals surface area contributed by atoms with E-state index in [2.05, 4.69) is 25.4 Å². The summed E-state index contributed by atoms with van der Waals surface area (Å²) in [7, 11) is 1.75. The highest BCUT2D eigenvalue weighted by molar-refractivity contribution is 5.84. The standard InChI is InChI=1S/C19H20FN7O/c1-26-16(5-9-25-26)27(13-28)14-10-22-18(23-11-14)24-12-19(6-3-7-19)17-15(20)4-2-8-21-17/h2,4-5,8-11,13H,3,6-7,12H2,1H3,(H,22,23,24). The number of aromatic nitrogens is 5. The van der Waals surface area contributed by atoms with Gasteiger partial charge >= 0.3 is 0 Å². The number of aryl methyl sites for hydroxylation is 1. The van der Waals surface area contributed by atoms with Gasteiger partial charge in [0.1, 0.15) is 11.6 Å². The van der Waals surface area contributed by atoms with Crippen molar-refractivity contribution in [3.05, 3.63) is 54.5 Å². The molecule has 3 aromatic heterocycles. The van der Waals surface area contributed by atoms with E-state index in [1.54, 1.807) is 48.6 Å². The van der Waals surface area contributed by atoms with Crippen molar-refractivity contribution in [2.45, 2.75) is 24.7 Å². The molecule has 1 N–H and O–H groups in total. The summed E-state index contributed by atoms with van der Waals surface area (Å²) in [4.78, 5) is 25.8. The zero-order valence-electron chi connectivity index (χ0n) is 15.4. The molecule has 4 rings (SSSR count). The highest BCUT2D eigenvalue weighted by atomic mass is 19.1. The second-order valence-corrected chi connectivity index (χ2v) is 6.87. The third-order valence-corrected chi connectivity index (χ3v) is 5.22. The number of anilines is 3. The zero-order chi connectivity index (χ0) is 19.6. The maximum absolute atomic E-state index is 14.2. The van der Waals surface area contributed by atoms with Crippen LogP contribution in [0.1, 0.15) is 25.0 Å². The Hall–Kier alpha value is -3.36. The molecule has 0 saturated heterocycles. The van der Waals surface area contributed by atoms with E-state index in [1.165, 1.54) is 11.0 Å². The molecule has 0 unspecified atom stereocenters. The van der Waals surface area contributed by atoms with E-state index < -0.39 is 0 Å². The number of amides is 1. The first kappa shape index (κ1) is 18.0. The maximum Gasteiger partial charge on any atom is 0.222 e. The first-order chi connectivity index (χ1) is 13.6. The first-order valence-corrected chi connectivity index (χ1v) is 9.02. The Kier molecular flexibility index (Phi) is 4.72. The van der Waals surface area contributed by atoms with Gasteiger partial charge in [0.25, 0.3) is 0 Å². The Morgan fingerprint density at radius 1 is 1.25 bits per heavy atom. The minimum absolute atomic E-state index is 0.280. The van der Waals surface area contributed by atoms with E-state index >= 15 is 0 Å². The van der Waals surface area contributed by atoms with E-state index in [4.69, 9.17) is 0 Å². The number of hydrogen-bond donors (Lipinski definition) is 1. The van der Waals surface area contributed by atoms with Crippen molar-refractivity contribution in [2.75, 3.05) is 16.8 Å². The Labute approximate surface area is 161 Å². The van der Waals surface area contributed by atoms with Crippen LogP contribution in [0.4, 0.5) is 21.8 Å². The van der Waals surface area contributed by atoms with Gasteiger partial charge in [-0.2, -0.15) is 5.10 Å². The molecule has 144 valence electrons. The summed E-state index contributed by atoms with van der Waals surface area (Å²) in [6, 6.07) is 4.77. The third kappa shape index (κ3) is 3.19. The van der Waals surface area contributed by atoms with Gasteiger partial charge in [0.2, 0.25) is 12.4 Å². The van der Waals surface area contributed by atoms with Gasteiger partial charge in [-0.25, -0.2) is 14.4 Å². The molecule has 0 spiro atoms. The quantitative estimate of drug-likeness (QED) is 0.633. The van der Waals surface area contributed by atoms with Crippen LogP contribution in [0.3, 0.4) is 0 Å². The van der Waals surface area contributed by atoms with Crippen molar-refractivity contribution < 1.29 is 9.18 Å². The molecule has 28 heavy (non-hydrogen) atoms. The van der Waals surface area contributed by atoms with Crippen molar-refractivity contribution in [3.8, 4) is 0 Å². The van der Waals surface area contributed by atoms with Crippen molar-refractivity contribution in [1.29, 1.82) is 0 Å². The van der Waals surface area contributed by atoms with E-state index in [0.717, 1.165) is 19.3 Å². The van der Waals surface area contributed by atoms with Crippen molar-refractivity contribution in [3.63, 3.8) is 0 Å². The average Bonchev–Trinajstić information content (AvgIpc) is 3.10. The van der Waals surface area contributed by atoms with E-state index in [9.17, 15) is 9.18 Å². The lowest BCUT2D eigenvalue weighted by Gasteiger charge is -2.41. The predicted octanol–water partition coefficient (Wildman–Crippen LogP) is 2.57. The number of carbonyl (C=O) groups excluding carboxylic acids is 1. The summed E-state index contributed by atoms with van der Waals surface area (Å²) in [5.41, 5.74) is 0.684. The molecule has 3 aromatic rings. The normalized spacial score (nSPS) is 14.9. The fourth-order valence-corrected chi connectivity index (χ4v) is 3.51. The molecule has 0 aliphatic heterocycles. The molecule has 0 radical (unpaired) electrons. The second kappa shape index (κ2) is 7.34. The second-order valence-electron chi connectivity index (χ2n) is 6.87. The SMILES string of the molecule is Cn1nccc1N(C=O)c1cnc(NCC2(c3ncccc3F)CCC2)nc1. The number of nitrogens with one attached hydrogen (secondary N) is 1. The van der Waals surface area contributed by atoms with Gasteiger partial charge in [-0.05, 0) is 25.0 Å². The topological polar surface area (TPSA) is 88.8 Å². The molecular formula is C19H20FN7O. The zero-order valence-corrected chi connectivity index (χ0v) is 15.4. The van der Waals surface area contributed by atoms with Crippen molar-refractivity contribution >= 4 is 23.9 Å². The van der Waals surface area contributed by atoms with E-state index in [1.807, 2.05) is 0 Å². The van der Waals surface area contributed by atoms with Gasteiger partial charge in [0, 0.05) is 31.3 Å². The van der Waals surface area contributed by atoms with Crippen LogP contribution in [0.15, 0.2) is 43.0 Å². The largest absolute Gasteiger partial charge is 0.353 e. The lowest BCUT2D eigenvalue weighted by molar-refractivity contribution is -0.106. The molecule has 1 fully saturated rings. The molecule has 0 bridgehead atoms. The molecule has 8 nitrogen and oxygen atoms in total. The molecular weight excluding hydrogens is 361 g/mol. The Morgan fingerprint density at radius 2 is 2.04 bits per heavy atom. The van der Waals surface area contributed by atoms with Gasteiger partial charge in [0.05, 0.1) is 30.0 Å². The number of halogens is 1. The fraction of sp³-hybridized carbons (Fsp3) is 0.316. The van der Waals surface area contributed by atoms with Crippen LogP contribution in [0.5, 0.6) is 0 Å². The lowest BCUT2D eigenvalue weighted by Crippen LogP contribution is -2.42. The summed E-state index contributed by atoms with van der Waals surface area (Å²) in [5, 5.41) is 7.25. The molecule has 0 aromatic carbocycles. The van der Waals surface area contributed by atoms with Gasteiger partial charge in [-0.1, -0.05) is 6.42 Å². The van der Waals surface area contributed by atoms with Gasteiger partial charge in [-0.15, -0.1) is 0 Å². The number of carbonyl (C=O) groups is 1. The molecule has 1 saturated carbocycles. The van der Waals surface area contributed by atoms with E-state index in [-0.39, 0.29) is 11.2 Å². The summed E-state index contributed by atoms with van der Waals surface area (Å²) in [6.07, 6.45) is 9.81. The van der Waals surface area contributed by atoms with Crippen LogP contribution in [0.25, 0.3) is 0 Å². The van der Waals surface area contributed by atoms with Gasteiger partial charge in [-0.3, -0.25) is 19.4 Å². The van der Waals surface area contributed by atoms with E-state index in [0.29, 0.717) is 36.1 Å². The summed E-state index contributed by atoms with van der Waals surface area (Å²) in [5.74, 6) is 0.749. The summed E-state index contributed by atoms with van der Waals surface area (Å²) in [6.45, 7) is 0.499. The molecule has 1 aliphatic rings. The maximum atomic E-state index is 14.2. The molecule has 1 amide bonds. The van der Waals surface area contributed by atoms with Crippen molar-refractivity contribution in [1.82, 2.24) is 24.7 Å². The van der Waals surface area contributed by atoms with Crippen LogP contribution in [-0.2, 0) is 17.3 Å². The van der Waals surface area contributed by atoms with Crippen LogP contribution >= 0.6 is 0 Å². The number of pyridine rings is 1. The van der Waals surface area contributed by atoms with Gasteiger partial charge in [0.15, 0.2) is 0 Å². The minimum Gasteiger partial charge on any atom is -0.353 e. The van der Waals surface area contributed by atoms with Crippen LogP contribution < -0.4 is 10.2 Å². The molecule has 3 heterocycles. The average molecular weight is 381 g/mol. The fourth-order valence-electron chi connectivity index (χ4n) is 3.51. The highest BCUT2D eigenvalue weighted by Crippen LogP contribution is 2.43. The predicted molar refractivity (Wildman–Crippen MR) is 102 cm³/mol. The Morgan fingerprint density at radius 3 is 2.61 bits per heavy atom. The van der Waals surface area contributed by atoms with Gasteiger partial charge < -0.3 is 5.32 Å². The molecule has 0 atom stereocenters. The number of nitrogens with zero attached hydrogens (tertiary/aromatic N) is 6. The van der Waals surface area contributed by atoms with Crippen LogP contribution in [-0.4, -0.2) is 37.7 Å².